The summed E-state index contributed by atoms with van der Waals surface area (Å²) in [5.74, 6) is 1.36. The van der Waals surface area contributed by atoms with Gasteiger partial charge in [0, 0.05) is 25.0 Å². The monoisotopic (exact) mass is 287 g/mol. The van der Waals surface area contributed by atoms with Gasteiger partial charge in [-0.1, -0.05) is 0 Å². The van der Waals surface area contributed by atoms with Crippen LogP contribution in [0.5, 0.6) is 5.88 Å². The molecule has 3 heterocycles. The van der Waals surface area contributed by atoms with E-state index in [0.29, 0.717) is 11.9 Å². The lowest BCUT2D eigenvalue weighted by molar-refractivity contribution is 0.381. The summed E-state index contributed by atoms with van der Waals surface area (Å²) < 4.78 is 7.22. The molecular formula is C15H21N5O. The molecule has 1 unspecified atom stereocenters. The second-order valence-corrected chi connectivity index (χ2v) is 5.48. The first-order valence-corrected chi connectivity index (χ1v) is 7.39. The highest BCUT2D eigenvalue weighted by Gasteiger charge is 2.25. The van der Waals surface area contributed by atoms with Crippen LogP contribution in [0.1, 0.15) is 24.8 Å². The van der Waals surface area contributed by atoms with Gasteiger partial charge in [0.25, 0.3) is 0 Å². The summed E-state index contributed by atoms with van der Waals surface area (Å²) in [4.78, 5) is 11.2. The molecule has 1 fully saturated rings. The lowest BCUT2D eigenvalue weighted by Gasteiger charge is -2.35. The second-order valence-electron chi connectivity index (χ2n) is 5.48. The molecule has 112 valence electrons. The van der Waals surface area contributed by atoms with Gasteiger partial charge in [0.2, 0.25) is 11.8 Å². The number of methoxy groups -OCH3 is 1. The molecule has 0 aromatic carbocycles. The van der Waals surface area contributed by atoms with Gasteiger partial charge in [0.1, 0.15) is 0 Å². The summed E-state index contributed by atoms with van der Waals surface area (Å²) >= 11 is 0. The van der Waals surface area contributed by atoms with Crippen molar-refractivity contribution in [3.05, 3.63) is 30.2 Å². The lowest BCUT2D eigenvalue weighted by atomic mass is 10.0. The Kier molecular flexibility index (Phi) is 4.03. The van der Waals surface area contributed by atoms with Crippen LogP contribution < -0.4 is 9.64 Å². The van der Waals surface area contributed by atoms with Crippen molar-refractivity contribution < 1.29 is 4.74 Å². The summed E-state index contributed by atoms with van der Waals surface area (Å²) in [6.45, 7) is 3.92. The van der Waals surface area contributed by atoms with Crippen LogP contribution in [0.3, 0.4) is 0 Å². The molecule has 1 atom stereocenters. The standard InChI is InChI=1S/C15H21N5O/c1-12-9-17-19(10-12)11-13-5-3-4-8-20(13)15-16-7-6-14(18-15)21-2/h6-7,9-10,13H,3-5,8,11H2,1-2H3. The molecule has 21 heavy (non-hydrogen) atoms. The van der Waals surface area contributed by atoms with Crippen LogP contribution in [-0.2, 0) is 6.54 Å². The Balaban J connectivity index is 1.80. The van der Waals surface area contributed by atoms with E-state index in [-0.39, 0.29) is 0 Å². The molecule has 2 aromatic heterocycles. The SMILES string of the molecule is COc1ccnc(N2CCCCC2Cn2cc(C)cn2)n1. The first-order chi connectivity index (χ1) is 10.3. The van der Waals surface area contributed by atoms with Crippen LogP contribution in [0.15, 0.2) is 24.7 Å². The summed E-state index contributed by atoms with van der Waals surface area (Å²) in [5, 5.41) is 4.40. The van der Waals surface area contributed by atoms with Crippen molar-refractivity contribution in [3.8, 4) is 5.88 Å². The van der Waals surface area contributed by atoms with E-state index in [9.17, 15) is 0 Å². The molecular weight excluding hydrogens is 266 g/mol. The van der Waals surface area contributed by atoms with Crippen LogP contribution in [0.4, 0.5) is 5.95 Å². The van der Waals surface area contributed by atoms with E-state index in [1.165, 1.54) is 18.4 Å². The number of aromatic nitrogens is 4. The zero-order valence-corrected chi connectivity index (χ0v) is 12.6. The quantitative estimate of drug-likeness (QED) is 0.861. The third-order valence-electron chi connectivity index (χ3n) is 3.87. The largest absolute Gasteiger partial charge is 0.481 e. The van der Waals surface area contributed by atoms with Crippen molar-refractivity contribution >= 4 is 5.95 Å². The molecule has 0 N–H and O–H groups in total. The first kappa shape index (κ1) is 13.9. The van der Waals surface area contributed by atoms with Crippen LogP contribution in [0.2, 0.25) is 0 Å². The first-order valence-electron chi connectivity index (χ1n) is 7.39. The molecule has 0 saturated carbocycles. The van der Waals surface area contributed by atoms with Gasteiger partial charge in [0.15, 0.2) is 0 Å². The van der Waals surface area contributed by atoms with Crippen LogP contribution >= 0.6 is 0 Å². The number of ether oxygens (including phenoxy) is 1. The summed E-state index contributed by atoms with van der Waals surface area (Å²) in [5.41, 5.74) is 1.19. The summed E-state index contributed by atoms with van der Waals surface area (Å²) in [7, 11) is 1.63. The van der Waals surface area contributed by atoms with Gasteiger partial charge in [-0.2, -0.15) is 10.1 Å². The number of anilines is 1. The predicted octanol–water partition coefficient (Wildman–Crippen LogP) is 2.05. The van der Waals surface area contributed by atoms with Crippen molar-refractivity contribution in [3.63, 3.8) is 0 Å². The zero-order valence-electron chi connectivity index (χ0n) is 12.6. The smallest absolute Gasteiger partial charge is 0.228 e. The van der Waals surface area contributed by atoms with Crippen LogP contribution in [0.25, 0.3) is 0 Å². The Morgan fingerprint density at radius 3 is 3.05 bits per heavy atom. The minimum atomic E-state index is 0.380. The number of hydrogen-bond acceptors (Lipinski definition) is 5. The topological polar surface area (TPSA) is 56.1 Å². The lowest BCUT2D eigenvalue weighted by Crippen LogP contribution is -2.43. The molecule has 0 spiro atoms. The molecule has 3 rings (SSSR count). The maximum absolute atomic E-state index is 5.21. The molecule has 6 nitrogen and oxygen atoms in total. The van der Waals surface area contributed by atoms with Gasteiger partial charge in [-0.3, -0.25) is 4.68 Å². The van der Waals surface area contributed by atoms with Gasteiger partial charge in [0.05, 0.1) is 25.9 Å². The van der Waals surface area contributed by atoms with Gasteiger partial charge < -0.3 is 9.64 Å². The van der Waals surface area contributed by atoms with E-state index in [1.807, 2.05) is 10.9 Å². The van der Waals surface area contributed by atoms with Crippen molar-refractivity contribution in [1.29, 1.82) is 0 Å². The molecule has 0 amide bonds. The van der Waals surface area contributed by atoms with E-state index < -0.39 is 0 Å². The normalized spacial score (nSPS) is 18.8. The molecule has 1 aliphatic rings. The predicted molar refractivity (Wildman–Crippen MR) is 80.5 cm³/mol. The fourth-order valence-electron chi connectivity index (χ4n) is 2.82. The van der Waals surface area contributed by atoms with Crippen LogP contribution in [-0.4, -0.2) is 39.4 Å². The fraction of sp³-hybridized carbons (Fsp3) is 0.533. The van der Waals surface area contributed by atoms with Crippen LogP contribution in [0, 0.1) is 6.92 Å². The van der Waals surface area contributed by atoms with Gasteiger partial charge >= 0.3 is 0 Å². The average Bonchev–Trinajstić information content (AvgIpc) is 2.93. The van der Waals surface area contributed by atoms with Gasteiger partial charge in [-0.25, -0.2) is 4.98 Å². The highest BCUT2D eigenvalue weighted by atomic mass is 16.5. The molecule has 1 saturated heterocycles. The van der Waals surface area contributed by atoms with Crippen molar-refractivity contribution in [2.45, 2.75) is 38.8 Å². The molecule has 0 aliphatic carbocycles. The number of aryl methyl sites for hydroxylation is 1. The number of hydrogen-bond donors (Lipinski definition) is 0. The van der Waals surface area contributed by atoms with E-state index in [0.717, 1.165) is 25.5 Å². The molecule has 1 aliphatic heterocycles. The Morgan fingerprint density at radius 1 is 1.38 bits per heavy atom. The van der Waals surface area contributed by atoms with E-state index >= 15 is 0 Å². The molecule has 2 aromatic rings. The number of rotatable bonds is 4. The minimum Gasteiger partial charge on any atom is -0.481 e. The highest BCUT2D eigenvalue weighted by molar-refractivity contribution is 5.34. The Morgan fingerprint density at radius 2 is 2.29 bits per heavy atom. The second kappa shape index (κ2) is 6.11. The Labute approximate surface area is 124 Å². The van der Waals surface area contributed by atoms with Crippen molar-refractivity contribution in [1.82, 2.24) is 19.7 Å². The average molecular weight is 287 g/mol. The van der Waals surface area contributed by atoms with Crippen molar-refractivity contribution in [2.24, 2.45) is 0 Å². The fourth-order valence-corrected chi connectivity index (χ4v) is 2.82. The molecule has 0 radical (unpaired) electrons. The van der Waals surface area contributed by atoms with E-state index in [1.54, 1.807) is 19.4 Å². The minimum absolute atomic E-state index is 0.380. The zero-order chi connectivity index (χ0) is 14.7. The third-order valence-corrected chi connectivity index (χ3v) is 3.87. The molecule has 0 bridgehead atoms. The number of nitrogens with zero attached hydrogens (tertiary/aromatic N) is 5. The van der Waals surface area contributed by atoms with Gasteiger partial charge in [-0.15, -0.1) is 0 Å². The molecule has 6 heteroatoms. The summed E-state index contributed by atoms with van der Waals surface area (Å²) in [6.07, 6.45) is 9.29. The van der Waals surface area contributed by atoms with Crippen molar-refractivity contribution in [2.75, 3.05) is 18.6 Å². The van der Waals surface area contributed by atoms with E-state index in [2.05, 4.69) is 33.1 Å². The maximum atomic E-state index is 5.21. The summed E-state index contributed by atoms with van der Waals surface area (Å²) in [6, 6.07) is 2.16. The Bertz CT molecular complexity index is 597. The van der Waals surface area contributed by atoms with E-state index in [4.69, 9.17) is 4.74 Å². The third kappa shape index (κ3) is 3.15. The maximum Gasteiger partial charge on any atom is 0.228 e. The highest BCUT2D eigenvalue weighted by Crippen LogP contribution is 2.24. The Hall–Kier alpha value is -2.11. The number of piperidine rings is 1. The van der Waals surface area contributed by atoms with Gasteiger partial charge in [-0.05, 0) is 31.7 Å².